The van der Waals surface area contributed by atoms with Crippen molar-refractivity contribution in [2.24, 2.45) is 23.7 Å². The Labute approximate surface area is 104 Å². The number of rotatable bonds is 4. The summed E-state index contributed by atoms with van der Waals surface area (Å²) >= 11 is 0. The molecule has 0 heterocycles. The fourth-order valence-electron chi connectivity index (χ4n) is 3.10. The van der Waals surface area contributed by atoms with E-state index in [0.717, 1.165) is 19.3 Å². The minimum atomic E-state index is -4.11. The summed E-state index contributed by atoms with van der Waals surface area (Å²) in [4.78, 5) is 17.9. The Morgan fingerprint density at radius 3 is 2.29 bits per heavy atom. The van der Waals surface area contributed by atoms with Gasteiger partial charge >= 0.3 is 7.60 Å². The molecule has 0 radical (unpaired) electrons. The fourth-order valence-corrected chi connectivity index (χ4v) is 3.86. The topological polar surface area (TPSA) is 77.8 Å². The molecule has 102 valence electrons. The largest absolute Gasteiger partial charge is 0.392 e. The SMILES string of the molecule is CC(C)[C@@H]1CC[C@@H](C)C[C@H]1[C@H](O)CP(=O)(O)O. The maximum Gasteiger partial charge on any atom is 0.328 e. The molecule has 0 bridgehead atoms. The lowest BCUT2D eigenvalue weighted by atomic mass is 9.68. The monoisotopic (exact) mass is 264 g/mol. The quantitative estimate of drug-likeness (QED) is 0.680. The van der Waals surface area contributed by atoms with E-state index < -0.39 is 19.9 Å². The van der Waals surface area contributed by atoms with Crippen molar-refractivity contribution in [1.82, 2.24) is 0 Å². The molecule has 1 aliphatic rings. The molecular weight excluding hydrogens is 239 g/mol. The second kappa shape index (κ2) is 5.83. The Morgan fingerprint density at radius 2 is 1.82 bits per heavy atom. The van der Waals surface area contributed by atoms with E-state index in [0.29, 0.717) is 17.8 Å². The average Bonchev–Trinajstić information content (AvgIpc) is 2.14. The van der Waals surface area contributed by atoms with Crippen molar-refractivity contribution in [2.75, 3.05) is 6.16 Å². The highest BCUT2D eigenvalue weighted by Crippen LogP contribution is 2.44. The van der Waals surface area contributed by atoms with Gasteiger partial charge in [0.1, 0.15) is 0 Å². The molecule has 1 saturated carbocycles. The van der Waals surface area contributed by atoms with Crippen molar-refractivity contribution in [2.45, 2.75) is 46.1 Å². The minimum absolute atomic E-state index is 0.0337. The van der Waals surface area contributed by atoms with Crippen LogP contribution in [0.1, 0.15) is 40.0 Å². The molecular formula is C12H25O4P. The van der Waals surface area contributed by atoms with Gasteiger partial charge in [0.2, 0.25) is 0 Å². The third-order valence-electron chi connectivity index (χ3n) is 3.99. The summed E-state index contributed by atoms with van der Waals surface area (Å²) in [7, 11) is -4.11. The molecule has 0 saturated heterocycles. The smallest absolute Gasteiger partial charge is 0.328 e. The van der Waals surface area contributed by atoms with Crippen LogP contribution in [0.25, 0.3) is 0 Å². The fraction of sp³-hybridized carbons (Fsp3) is 1.00. The third-order valence-corrected chi connectivity index (χ3v) is 4.84. The summed E-state index contributed by atoms with van der Waals surface area (Å²) in [5, 5.41) is 10.1. The van der Waals surface area contributed by atoms with Crippen LogP contribution in [-0.4, -0.2) is 27.2 Å². The van der Waals surface area contributed by atoms with Gasteiger partial charge in [-0.05, 0) is 36.5 Å². The van der Waals surface area contributed by atoms with Gasteiger partial charge in [-0.1, -0.05) is 27.2 Å². The molecule has 4 atom stereocenters. The highest BCUT2D eigenvalue weighted by atomic mass is 31.2. The van der Waals surface area contributed by atoms with Crippen molar-refractivity contribution < 1.29 is 19.5 Å². The molecule has 0 aromatic carbocycles. The summed E-state index contributed by atoms with van der Waals surface area (Å²) in [6, 6.07) is 0. The van der Waals surface area contributed by atoms with E-state index in [9.17, 15) is 9.67 Å². The van der Waals surface area contributed by atoms with Gasteiger partial charge in [0, 0.05) is 0 Å². The molecule has 0 amide bonds. The van der Waals surface area contributed by atoms with Crippen molar-refractivity contribution in [3.63, 3.8) is 0 Å². The number of aliphatic hydroxyl groups excluding tert-OH is 1. The molecule has 17 heavy (non-hydrogen) atoms. The van der Waals surface area contributed by atoms with Gasteiger partial charge in [-0.2, -0.15) is 0 Å². The van der Waals surface area contributed by atoms with Gasteiger partial charge in [-0.25, -0.2) is 0 Å². The van der Waals surface area contributed by atoms with Crippen LogP contribution in [0.15, 0.2) is 0 Å². The van der Waals surface area contributed by atoms with E-state index in [4.69, 9.17) is 9.79 Å². The van der Waals surface area contributed by atoms with Gasteiger partial charge in [0.25, 0.3) is 0 Å². The van der Waals surface area contributed by atoms with Crippen molar-refractivity contribution in [1.29, 1.82) is 0 Å². The van der Waals surface area contributed by atoms with Crippen LogP contribution in [0, 0.1) is 23.7 Å². The van der Waals surface area contributed by atoms with Crippen molar-refractivity contribution in [3.05, 3.63) is 0 Å². The highest BCUT2D eigenvalue weighted by Gasteiger charge is 2.37. The maximum absolute atomic E-state index is 11.0. The molecule has 0 aromatic rings. The first kappa shape index (κ1) is 15.2. The Bertz CT molecular complexity index is 286. The van der Waals surface area contributed by atoms with Gasteiger partial charge in [-0.15, -0.1) is 0 Å². The highest BCUT2D eigenvalue weighted by molar-refractivity contribution is 7.51. The van der Waals surface area contributed by atoms with E-state index in [-0.39, 0.29) is 5.92 Å². The van der Waals surface area contributed by atoms with Crippen molar-refractivity contribution >= 4 is 7.60 Å². The third kappa shape index (κ3) is 4.70. The molecule has 1 rings (SSSR count). The molecule has 5 heteroatoms. The molecule has 0 spiro atoms. The van der Waals surface area contributed by atoms with Crippen LogP contribution in [-0.2, 0) is 4.57 Å². The van der Waals surface area contributed by atoms with E-state index in [1.165, 1.54) is 0 Å². The van der Waals surface area contributed by atoms with Crippen LogP contribution in [0.2, 0.25) is 0 Å². The summed E-state index contributed by atoms with van der Waals surface area (Å²) in [6.07, 6.45) is 1.83. The van der Waals surface area contributed by atoms with Crippen LogP contribution < -0.4 is 0 Å². The van der Waals surface area contributed by atoms with Crippen LogP contribution in [0.5, 0.6) is 0 Å². The van der Waals surface area contributed by atoms with Gasteiger partial charge in [0.05, 0.1) is 12.3 Å². The van der Waals surface area contributed by atoms with E-state index in [2.05, 4.69) is 20.8 Å². The molecule has 1 fully saturated rings. The summed E-state index contributed by atoms with van der Waals surface area (Å²) < 4.78 is 11.0. The minimum Gasteiger partial charge on any atom is -0.392 e. The standard InChI is InChI=1S/C12H25O4P/c1-8(2)10-5-4-9(3)6-11(10)12(13)7-17(14,15)16/h8-13H,4-7H2,1-3H3,(H2,14,15,16)/t9-,10+,11-,12-/m1/s1. The van der Waals surface area contributed by atoms with Crippen LogP contribution >= 0.6 is 7.60 Å². The zero-order valence-corrected chi connectivity index (χ0v) is 11.8. The molecule has 0 unspecified atom stereocenters. The predicted molar refractivity (Wildman–Crippen MR) is 67.8 cm³/mol. The average molecular weight is 264 g/mol. The molecule has 0 aromatic heterocycles. The first-order valence-corrected chi connectivity index (χ1v) is 8.23. The Morgan fingerprint density at radius 1 is 1.24 bits per heavy atom. The second-order valence-corrected chi connectivity index (χ2v) is 7.60. The molecule has 0 aliphatic heterocycles. The number of aliphatic hydroxyl groups is 1. The van der Waals surface area contributed by atoms with Gasteiger partial charge in [-0.3, -0.25) is 4.57 Å². The lowest BCUT2D eigenvalue weighted by molar-refractivity contribution is 0.0262. The van der Waals surface area contributed by atoms with E-state index in [1.54, 1.807) is 0 Å². The van der Waals surface area contributed by atoms with Gasteiger partial charge < -0.3 is 14.9 Å². The lowest BCUT2D eigenvalue weighted by Gasteiger charge is -2.40. The van der Waals surface area contributed by atoms with Crippen LogP contribution in [0.4, 0.5) is 0 Å². The Hall–Kier alpha value is 0.110. The Kier molecular flexibility index (Phi) is 5.21. The van der Waals surface area contributed by atoms with Gasteiger partial charge in [0.15, 0.2) is 0 Å². The molecule has 4 nitrogen and oxygen atoms in total. The summed E-state index contributed by atoms with van der Waals surface area (Å²) in [5.41, 5.74) is 0. The first-order valence-electron chi connectivity index (χ1n) is 6.43. The second-order valence-electron chi connectivity index (χ2n) is 5.90. The molecule has 3 N–H and O–H groups in total. The van der Waals surface area contributed by atoms with E-state index >= 15 is 0 Å². The summed E-state index contributed by atoms with van der Waals surface area (Å²) in [5.74, 6) is 1.42. The maximum atomic E-state index is 11.0. The number of hydrogen-bond donors (Lipinski definition) is 3. The number of hydrogen-bond acceptors (Lipinski definition) is 2. The first-order chi connectivity index (χ1) is 7.70. The lowest BCUT2D eigenvalue weighted by Crippen LogP contribution is -2.37. The zero-order valence-electron chi connectivity index (χ0n) is 10.9. The van der Waals surface area contributed by atoms with Crippen LogP contribution in [0.3, 0.4) is 0 Å². The van der Waals surface area contributed by atoms with Crippen molar-refractivity contribution in [3.8, 4) is 0 Å². The van der Waals surface area contributed by atoms with E-state index in [1.807, 2.05) is 0 Å². The Balaban J connectivity index is 2.71. The normalized spacial score (nSPS) is 32.8. The zero-order chi connectivity index (χ0) is 13.2. The summed E-state index contributed by atoms with van der Waals surface area (Å²) in [6.45, 7) is 6.39. The molecule has 1 aliphatic carbocycles. The predicted octanol–water partition coefficient (Wildman–Crippen LogP) is 2.23.